The fourth-order valence-corrected chi connectivity index (χ4v) is 2.22. The van der Waals surface area contributed by atoms with E-state index in [1.54, 1.807) is 11.8 Å². The Bertz CT molecular complexity index is 692. The van der Waals surface area contributed by atoms with Gasteiger partial charge in [0.1, 0.15) is 6.54 Å². The van der Waals surface area contributed by atoms with Gasteiger partial charge in [-0.2, -0.15) is 0 Å². The molecule has 2 heterocycles. The fraction of sp³-hybridized carbons (Fsp3) is 0.214. The number of hydrogen-bond donors (Lipinski definition) is 0. The van der Waals surface area contributed by atoms with Crippen LogP contribution in [0, 0.1) is 6.92 Å². The van der Waals surface area contributed by atoms with Gasteiger partial charge < -0.3 is 0 Å². The minimum atomic E-state index is -0.175. The van der Waals surface area contributed by atoms with Crippen LogP contribution in [-0.2, 0) is 17.9 Å². The van der Waals surface area contributed by atoms with E-state index in [9.17, 15) is 9.59 Å². The monoisotopic (exact) mass is 255 g/mol. The summed E-state index contributed by atoms with van der Waals surface area (Å²) < 4.78 is 1.41. The second kappa shape index (κ2) is 4.35. The van der Waals surface area contributed by atoms with E-state index in [0.29, 0.717) is 18.2 Å². The average molecular weight is 255 g/mol. The van der Waals surface area contributed by atoms with Gasteiger partial charge in [0.15, 0.2) is 0 Å². The van der Waals surface area contributed by atoms with Gasteiger partial charge in [0.2, 0.25) is 11.9 Å². The van der Waals surface area contributed by atoms with Gasteiger partial charge in [0.05, 0.1) is 6.54 Å². The zero-order valence-electron chi connectivity index (χ0n) is 10.5. The van der Waals surface area contributed by atoms with Crippen LogP contribution in [0.25, 0.3) is 0 Å². The van der Waals surface area contributed by atoms with Crippen molar-refractivity contribution in [2.75, 3.05) is 4.90 Å². The van der Waals surface area contributed by atoms with Crippen LogP contribution in [0.4, 0.5) is 5.95 Å². The van der Waals surface area contributed by atoms with E-state index in [0.717, 1.165) is 5.56 Å². The van der Waals surface area contributed by atoms with Crippen molar-refractivity contribution in [3.05, 3.63) is 58.0 Å². The lowest BCUT2D eigenvalue weighted by atomic mass is 10.2. The largest absolute Gasteiger partial charge is 0.276 e. The molecule has 3 rings (SSSR count). The van der Waals surface area contributed by atoms with E-state index in [2.05, 4.69) is 4.98 Å². The molecular formula is C14H13N3O2. The third kappa shape index (κ3) is 2.03. The molecule has 1 aromatic heterocycles. The Morgan fingerprint density at radius 1 is 1.21 bits per heavy atom. The minimum Gasteiger partial charge on any atom is -0.276 e. The van der Waals surface area contributed by atoms with Gasteiger partial charge in [-0.05, 0) is 12.5 Å². The number of benzene rings is 1. The average Bonchev–Trinajstić information content (AvgIpc) is 2.69. The molecule has 0 bridgehead atoms. The second-order valence-corrected chi connectivity index (χ2v) is 4.59. The van der Waals surface area contributed by atoms with Gasteiger partial charge in [-0.15, -0.1) is 0 Å². The minimum absolute atomic E-state index is 0.0777. The lowest BCUT2D eigenvalue weighted by molar-refractivity contribution is -0.118. The van der Waals surface area contributed by atoms with Crippen molar-refractivity contribution in [2.24, 2.45) is 0 Å². The first-order valence-corrected chi connectivity index (χ1v) is 6.08. The normalized spacial score (nSPS) is 13.7. The quantitative estimate of drug-likeness (QED) is 0.807. The Hall–Kier alpha value is -2.43. The Morgan fingerprint density at radius 3 is 2.68 bits per heavy atom. The van der Waals surface area contributed by atoms with Crippen LogP contribution in [0.15, 0.2) is 41.2 Å². The second-order valence-electron chi connectivity index (χ2n) is 4.59. The molecule has 1 aromatic carbocycles. The molecule has 1 aliphatic heterocycles. The number of carbonyl (C=O) groups excluding carboxylic acids is 1. The van der Waals surface area contributed by atoms with E-state index in [-0.39, 0.29) is 18.0 Å². The zero-order chi connectivity index (χ0) is 13.4. The Morgan fingerprint density at radius 2 is 1.95 bits per heavy atom. The number of carbonyl (C=O) groups is 1. The molecule has 5 nitrogen and oxygen atoms in total. The lowest BCUT2D eigenvalue weighted by Crippen LogP contribution is -2.26. The van der Waals surface area contributed by atoms with Crippen LogP contribution < -0.4 is 10.5 Å². The number of aromatic nitrogens is 2. The Balaban J connectivity index is 2.01. The number of hydrogen-bond acceptors (Lipinski definition) is 3. The zero-order valence-corrected chi connectivity index (χ0v) is 10.5. The first-order chi connectivity index (χ1) is 9.15. The van der Waals surface area contributed by atoms with Gasteiger partial charge in [0, 0.05) is 11.8 Å². The van der Waals surface area contributed by atoms with Crippen molar-refractivity contribution >= 4 is 11.9 Å². The predicted molar refractivity (Wildman–Crippen MR) is 70.9 cm³/mol. The summed E-state index contributed by atoms with van der Waals surface area (Å²) in [7, 11) is 0. The Kier molecular flexibility index (Phi) is 2.67. The predicted octanol–water partition coefficient (Wildman–Crippen LogP) is 1.10. The fourth-order valence-electron chi connectivity index (χ4n) is 2.22. The van der Waals surface area contributed by atoms with Crippen LogP contribution in [0.2, 0.25) is 0 Å². The molecule has 96 valence electrons. The molecule has 19 heavy (non-hydrogen) atoms. The van der Waals surface area contributed by atoms with E-state index < -0.39 is 0 Å². The van der Waals surface area contributed by atoms with Gasteiger partial charge >= 0.3 is 0 Å². The van der Waals surface area contributed by atoms with E-state index in [4.69, 9.17) is 0 Å². The van der Waals surface area contributed by atoms with Crippen molar-refractivity contribution in [3.8, 4) is 0 Å². The highest BCUT2D eigenvalue weighted by Crippen LogP contribution is 2.20. The summed E-state index contributed by atoms with van der Waals surface area (Å²) in [6.07, 6.45) is 0. The molecule has 5 heteroatoms. The van der Waals surface area contributed by atoms with Crippen LogP contribution in [0.5, 0.6) is 0 Å². The Labute approximate surface area is 110 Å². The number of rotatable bonds is 2. The van der Waals surface area contributed by atoms with Crippen molar-refractivity contribution in [3.63, 3.8) is 0 Å². The molecule has 0 fully saturated rings. The van der Waals surface area contributed by atoms with Gasteiger partial charge in [-0.25, -0.2) is 4.98 Å². The summed E-state index contributed by atoms with van der Waals surface area (Å²) >= 11 is 0. The van der Waals surface area contributed by atoms with Crippen molar-refractivity contribution in [1.82, 2.24) is 9.55 Å². The van der Waals surface area contributed by atoms with Crippen molar-refractivity contribution in [2.45, 2.75) is 20.0 Å². The highest BCUT2D eigenvalue weighted by molar-refractivity contribution is 5.94. The van der Waals surface area contributed by atoms with Gasteiger partial charge in [-0.1, -0.05) is 30.3 Å². The van der Waals surface area contributed by atoms with Gasteiger partial charge in [0.25, 0.3) is 5.56 Å². The summed E-state index contributed by atoms with van der Waals surface area (Å²) in [4.78, 5) is 29.7. The summed E-state index contributed by atoms with van der Waals surface area (Å²) in [5.41, 5.74) is 1.47. The highest BCUT2D eigenvalue weighted by atomic mass is 16.2. The third-order valence-electron chi connectivity index (χ3n) is 3.14. The number of amides is 1. The topological polar surface area (TPSA) is 55.2 Å². The number of nitrogens with zero attached hydrogens (tertiary/aromatic N) is 3. The molecule has 0 spiro atoms. The first-order valence-electron chi connectivity index (χ1n) is 6.08. The summed E-state index contributed by atoms with van der Waals surface area (Å²) in [6.45, 7) is 2.27. The molecule has 0 aliphatic carbocycles. The molecule has 0 saturated heterocycles. The number of aryl methyl sites for hydroxylation is 1. The van der Waals surface area contributed by atoms with E-state index in [1.165, 1.54) is 10.6 Å². The lowest BCUT2D eigenvalue weighted by Gasteiger charge is -2.15. The van der Waals surface area contributed by atoms with Crippen LogP contribution >= 0.6 is 0 Å². The van der Waals surface area contributed by atoms with E-state index >= 15 is 0 Å². The molecule has 0 atom stereocenters. The maximum atomic E-state index is 12.0. The van der Waals surface area contributed by atoms with Crippen molar-refractivity contribution in [1.29, 1.82) is 0 Å². The standard InChI is InChI=1S/C14H13N3O2/c1-10-7-12(18)17-9-13(19)16(14(17)15-10)8-11-5-3-2-4-6-11/h2-7H,8-9H2,1H3. The van der Waals surface area contributed by atoms with Gasteiger partial charge in [-0.3, -0.25) is 19.1 Å². The van der Waals surface area contributed by atoms with E-state index in [1.807, 2.05) is 30.3 Å². The van der Waals surface area contributed by atoms with Crippen LogP contribution in [-0.4, -0.2) is 15.5 Å². The first kappa shape index (κ1) is 11.6. The number of fused-ring (bicyclic) bond motifs is 1. The molecule has 1 amide bonds. The molecule has 0 unspecified atom stereocenters. The summed E-state index contributed by atoms with van der Waals surface area (Å²) in [6, 6.07) is 11.1. The maximum Gasteiger partial charge on any atom is 0.255 e. The van der Waals surface area contributed by atoms with Crippen LogP contribution in [0.1, 0.15) is 11.3 Å². The molecular weight excluding hydrogens is 242 g/mol. The molecule has 0 saturated carbocycles. The smallest absolute Gasteiger partial charge is 0.255 e. The summed E-state index contributed by atoms with van der Waals surface area (Å²) in [5.74, 6) is 0.345. The molecule has 2 aromatic rings. The molecule has 0 N–H and O–H groups in total. The van der Waals surface area contributed by atoms with Crippen molar-refractivity contribution < 1.29 is 4.79 Å². The maximum absolute atomic E-state index is 12.0. The summed E-state index contributed by atoms with van der Waals surface area (Å²) in [5, 5.41) is 0. The highest BCUT2D eigenvalue weighted by Gasteiger charge is 2.29. The number of anilines is 1. The molecule has 1 aliphatic rings. The third-order valence-corrected chi connectivity index (χ3v) is 3.14. The SMILES string of the molecule is Cc1cc(=O)n2c(n1)N(Cc1ccccc1)C(=O)C2. The van der Waals surface area contributed by atoms with Crippen LogP contribution in [0.3, 0.4) is 0 Å². The molecule has 0 radical (unpaired) electrons.